The molecule has 102 valence electrons. The van der Waals surface area contributed by atoms with Crippen LogP contribution in [-0.4, -0.2) is 44.7 Å². The van der Waals surface area contributed by atoms with Gasteiger partial charge in [-0.1, -0.05) is 6.92 Å². The summed E-state index contributed by atoms with van der Waals surface area (Å²) in [4.78, 5) is 11.9. The topological polar surface area (TPSA) is 87.4 Å². The fraction of sp³-hybridized carbons (Fsp3) is 0.667. The minimum atomic E-state index is -0.951. The second-order valence-corrected chi connectivity index (χ2v) is 4.58. The van der Waals surface area contributed by atoms with Gasteiger partial charge in [-0.3, -0.25) is 9.48 Å². The summed E-state index contributed by atoms with van der Waals surface area (Å²) >= 11 is 0. The molecule has 0 saturated heterocycles. The molecule has 0 aliphatic carbocycles. The molecule has 0 spiro atoms. The lowest BCUT2D eigenvalue weighted by Crippen LogP contribution is -2.54. The summed E-state index contributed by atoms with van der Waals surface area (Å²) < 4.78 is 1.60. The van der Waals surface area contributed by atoms with Crippen molar-refractivity contribution in [1.82, 2.24) is 15.1 Å². The Hall–Kier alpha value is -1.40. The number of nitrogens with one attached hydrogen (secondary N) is 1. The molecular weight excluding hydrogens is 234 g/mol. The first-order valence-electron chi connectivity index (χ1n) is 6.00. The van der Waals surface area contributed by atoms with Crippen LogP contribution in [0.2, 0.25) is 0 Å². The highest BCUT2D eigenvalue weighted by molar-refractivity contribution is 5.76. The van der Waals surface area contributed by atoms with Gasteiger partial charge in [0.15, 0.2) is 0 Å². The molecule has 0 fully saturated rings. The maximum Gasteiger partial charge on any atom is 0.242 e. The Morgan fingerprint density at radius 1 is 1.44 bits per heavy atom. The van der Waals surface area contributed by atoms with Crippen molar-refractivity contribution >= 4 is 5.91 Å². The van der Waals surface area contributed by atoms with Crippen LogP contribution in [0.4, 0.5) is 0 Å². The van der Waals surface area contributed by atoms with Crippen molar-refractivity contribution in [3.63, 3.8) is 0 Å². The van der Waals surface area contributed by atoms with Crippen LogP contribution in [-0.2, 0) is 11.3 Å². The minimum Gasteiger partial charge on any atom is -0.394 e. The van der Waals surface area contributed by atoms with Crippen LogP contribution in [0.1, 0.15) is 24.7 Å². The number of hydrogen-bond donors (Lipinski definition) is 3. The molecule has 1 amide bonds. The summed E-state index contributed by atoms with van der Waals surface area (Å²) in [6.07, 6.45) is 0.461. The van der Waals surface area contributed by atoms with Gasteiger partial charge in [0.05, 0.1) is 24.4 Å². The molecule has 0 atom stereocenters. The Kier molecular flexibility index (Phi) is 4.86. The summed E-state index contributed by atoms with van der Waals surface area (Å²) in [5, 5.41) is 25.4. The van der Waals surface area contributed by atoms with Crippen molar-refractivity contribution in [3.05, 3.63) is 17.5 Å². The quantitative estimate of drug-likeness (QED) is 0.654. The summed E-state index contributed by atoms with van der Waals surface area (Å²) in [5.41, 5.74) is 0.803. The highest BCUT2D eigenvalue weighted by atomic mass is 16.3. The van der Waals surface area contributed by atoms with Gasteiger partial charge in [-0.25, -0.2) is 0 Å². The molecule has 0 unspecified atom stereocenters. The van der Waals surface area contributed by atoms with Crippen molar-refractivity contribution in [3.8, 4) is 0 Å². The van der Waals surface area contributed by atoms with E-state index in [2.05, 4.69) is 10.4 Å². The molecule has 1 aromatic heterocycles. The molecule has 3 N–H and O–H groups in total. The third kappa shape index (κ3) is 3.30. The van der Waals surface area contributed by atoms with Gasteiger partial charge in [0.25, 0.3) is 0 Å². The summed E-state index contributed by atoms with van der Waals surface area (Å²) in [5.74, 6) is -0.272. The molecule has 0 aromatic carbocycles. The molecule has 0 aliphatic heterocycles. The van der Waals surface area contributed by atoms with Crippen LogP contribution in [0.15, 0.2) is 6.07 Å². The average Bonchev–Trinajstić information content (AvgIpc) is 2.65. The van der Waals surface area contributed by atoms with Crippen LogP contribution < -0.4 is 5.32 Å². The molecular formula is C12H21N3O3. The number of aliphatic hydroxyl groups is 2. The lowest BCUT2D eigenvalue weighted by atomic mass is 9.98. The van der Waals surface area contributed by atoms with Crippen molar-refractivity contribution in [1.29, 1.82) is 0 Å². The fourth-order valence-electron chi connectivity index (χ4n) is 1.75. The minimum absolute atomic E-state index is 0.0847. The zero-order valence-corrected chi connectivity index (χ0v) is 11.1. The first-order valence-corrected chi connectivity index (χ1v) is 6.00. The zero-order valence-electron chi connectivity index (χ0n) is 11.1. The van der Waals surface area contributed by atoms with E-state index in [1.54, 1.807) is 11.6 Å². The van der Waals surface area contributed by atoms with Crippen molar-refractivity contribution in [2.45, 2.75) is 39.3 Å². The Balaban J connectivity index is 2.69. The molecule has 18 heavy (non-hydrogen) atoms. The number of carbonyl (C=O) groups excluding carboxylic acids is 1. The second-order valence-electron chi connectivity index (χ2n) is 4.58. The molecule has 0 saturated carbocycles. The summed E-state index contributed by atoms with van der Waals surface area (Å²) in [6, 6.07) is 1.89. The molecule has 1 heterocycles. The number of aromatic nitrogens is 2. The first-order chi connectivity index (χ1) is 8.46. The van der Waals surface area contributed by atoms with Gasteiger partial charge < -0.3 is 15.5 Å². The largest absolute Gasteiger partial charge is 0.394 e. The summed E-state index contributed by atoms with van der Waals surface area (Å²) in [6.45, 7) is 5.04. The average molecular weight is 255 g/mol. The Labute approximate surface area is 107 Å². The van der Waals surface area contributed by atoms with Gasteiger partial charge >= 0.3 is 0 Å². The van der Waals surface area contributed by atoms with Crippen molar-refractivity contribution < 1.29 is 15.0 Å². The Bertz CT molecular complexity index is 402. The van der Waals surface area contributed by atoms with E-state index in [9.17, 15) is 15.0 Å². The van der Waals surface area contributed by atoms with Gasteiger partial charge in [-0.15, -0.1) is 0 Å². The lowest BCUT2D eigenvalue weighted by molar-refractivity contribution is -0.125. The van der Waals surface area contributed by atoms with Gasteiger partial charge in [-0.2, -0.15) is 5.10 Å². The standard InChI is InChI=1S/C12H21N3O3/c1-4-12(7-16,8-17)13-11(18)6-15-10(3)5-9(2)14-15/h5,16-17H,4,6-8H2,1-3H3,(H,13,18). The lowest BCUT2D eigenvalue weighted by Gasteiger charge is -2.29. The molecule has 0 bridgehead atoms. The van der Waals surface area contributed by atoms with Gasteiger partial charge in [0.2, 0.25) is 5.91 Å². The van der Waals surface area contributed by atoms with Crippen LogP contribution in [0.5, 0.6) is 0 Å². The fourth-order valence-corrected chi connectivity index (χ4v) is 1.75. The number of amides is 1. The van der Waals surface area contributed by atoms with E-state index in [4.69, 9.17) is 0 Å². The SMILES string of the molecule is CCC(CO)(CO)NC(=O)Cn1nc(C)cc1C. The van der Waals surface area contributed by atoms with E-state index >= 15 is 0 Å². The number of carbonyl (C=O) groups is 1. The molecule has 6 nitrogen and oxygen atoms in total. The maximum atomic E-state index is 11.9. The molecule has 0 radical (unpaired) electrons. The van der Waals surface area contributed by atoms with E-state index in [1.807, 2.05) is 19.9 Å². The van der Waals surface area contributed by atoms with Gasteiger partial charge in [-0.05, 0) is 26.3 Å². The molecule has 1 rings (SSSR count). The van der Waals surface area contributed by atoms with E-state index in [-0.39, 0.29) is 25.7 Å². The smallest absolute Gasteiger partial charge is 0.242 e. The van der Waals surface area contributed by atoms with E-state index in [1.165, 1.54) is 0 Å². The Morgan fingerprint density at radius 2 is 2.06 bits per heavy atom. The highest BCUT2D eigenvalue weighted by Crippen LogP contribution is 2.09. The maximum absolute atomic E-state index is 11.9. The second kappa shape index (κ2) is 5.97. The number of aliphatic hydroxyl groups excluding tert-OH is 2. The highest BCUT2D eigenvalue weighted by Gasteiger charge is 2.28. The number of rotatable bonds is 6. The van der Waals surface area contributed by atoms with Crippen LogP contribution in [0.3, 0.4) is 0 Å². The van der Waals surface area contributed by atoms with E-state index in [0.29, 0.717) is 6.42 Å². The number of aryl methyl sites for hydroxylation is 2. The molecule has 0 aliphatic rings. The van der Waals surface area contributed by atoms with E-state index < -0.39 is 5.54 Å². The summed E-state index contributed by atoms with van der Waals surface area (Å²) in [7, 11) is 0. The molecule has 6 heteroatoms. The monoisotopic (exact) mass is 255 g/mol. The first kappa shape index (κ1) is 14.7. The predicted molar refractivity (Wildman–Crippen MR) is 67.0 cm³/mol. The van der Waals surface area contributed by atoms with Crippen LogP contribution in [0.25, 0.3) is 0 Å². The number of hydrogen-bond acceptors (Lipinski definition) is 4. The van der Waals surface area contributed by atoms with Crippen molar-refractivity contribution in [2.24, 2.45) is 0 Å². The van der Waals surface area contributed by atoms with Gasteiger partial charge in [0, 0.05) is 5.69 Å². The van der Waals surface area contributed by atoms with Gasteiger partial charge in [0.1, 0.15) is 6.54 Å². The third-order valence-corrected chi connectivity index (χ3v) is 3.08. The number of nitrogens with zero attached hydrogens (tertiary/aromatic N) is 2. The third-order valence-electron chi connectivity index (χ3n) is 3.08. The molecule has 1 aromatic rings. The normalized spacial score (nSPS) is 11.6. The van der Waals surface area contributed by atoms with E-state index in [0.717, 1.165) is 11.4 Å². The van der Waals surface area contributed by atoms with Crippen LogP contribution in [0, 0.1) is 13.8 Å². The van der Waals surface area contributed by atoms with Crippen LogP contribution >= 0.6 is 0 Å². The Morgan fingerprint density at radius 3 is 2.44 bits per heavy atom. The van der Waals surface area contributed by atoms with Crippen molar-refractivity contribution in [2.75, 3.05) is 13.2 Å². The predicted octanol–water partition coefficient (Wildman–Crippen LogP) is -0.250. The zero-order chi connectivity index (χ0) is 13.8.